The fourth-order valence-electron chi connectivity index (χ4n) is 2.02. The van der Waals surface area contributed by atoms with E-state index >= 15 is 0 Å². The maximum absolute atomic E-state index is 13.2. The predicted octanol–water partition coefficient (Wildman–Crippen LogP) is 4.15. The largest absolute Gasteiger partial charge is 0.447 e. The average Bonchev–Trinajstić information content (AvgIpc) is 2.53. The number of hydrogen-bond donors (Lipinski definition) is 1. The first-order valence-electron chi connectivity index (χ1n) is 8.28. The molecule has 152 valence electrons. The maximum Gasteiger partial charge on any atom is 0.447 e. The first-order chi connectivity index (χ1) is 13.0. The number of sulfonamides is 1. The van der Waals surface area contributed by atoms with E-state index in [0.717, 1.165) is 0 Å². The molecule has 0 aliphatic rings. The molecule has 0 heterocycles. The summed E-state index contributed by atoms with van der Waals surface area (Å²) in [6.07, 6.45) is -1.18. The van der Waals surface area contributed by atoms with Gasteiger partial charge in [-0.05, 0) is 45.0 Å². The van der Waals surface area contributed by atoms with E-state index in [9.17, 15) is 17.8 Å². The van der Waals surface area contributed by atoms with Crippen LogP contribution in [-0.2, 0) is 19.3 Å². The molecule has 0 saturated heterocycles. The third kappa shape index (κ3) is 7.62. The molecule has 28 heavy (non-hydrogen) atoms. The molecule has 0 aliphatic carbocycles. The van der Waals surface area contributed by atoms with Crippen LogP contribution in [0.5, 0.6) is 11.5 Å². The van der Waals surface area contributed by atoms with Crippen molar-refractivity contribution in [1.29, 1.82) is 0 Å². The lowest BCUT2D eigenvalue weighted by atomic mass is 10.2. The van der Waals surface area contributed by atoms with Crippen LogP contribution in [0.2, 0.25) is 0 Å². The summed E-state index contributed by atoms with van der Waals surface area (Å²) in [4.78, 5) is 11.8. The second-order valence-corrected chi connectivity index (χ2v) is 10.8. The molecular formula is C18H22NO7PS. The van der Waals surface area contributed by atoms with Crippen molar-refractivity contribution in [3.63, 3.8) is 0 Å². The standard InChI is InChI=1S/C18H22NO7PS/c1-18(2,3)24-17(20)19-28(22,23)14-27(21,25-15-10-6-4-7-11-15)26-16-12-8-5-9-13-16/h4-13H,14H2,1-3H3,(H,19,20). The molecule has 2 aromatic carbocycles. The number of carbonyl (C=O) groups excluding carboxylic acids is 1. The van der Waals surface area contributed by atoms with Gasteiger partial charge in [-0.3, -0.25) is 0 Å². The van der Waals surface area contributed by atoms with Crippen LogP contribution in [0.4, 0.5) is 4.79 Å². The minimum atomic E-state index is -4.39. The molecule has 10 heteroatoms. The van der Waals surface area contributed by atoms with E-state index in [-0.39, 0.29) is 11.5 Å². The van der Waals surface area contributed by atoms with Crippen molar-refractivity contribution in [2.24, 2.45) is 0 Å². The molecule has 1 N–H and O–H groups in total. The van der Waals surface area contributed by atoms with Gasteiger partial charge in [-0.15, -0.1) is 0 Å². The van der Waals surface area contributed by atoms with Gasteiger partial charge in [0.1, 0.15) is 17.1 Å². The summed E-state index contributed by atoms with van der Waals surface area (Å²) in [5, 5.41) is 0. The molecule has 0 fully saturated rings. The van der Waals surface area contributed by atoms with Gasteiger partial charge in [-0.25, -0.2) is 22.5 Å². The molecule has 2 rings (SSSR count). The number of hydrogen-bond acceptors (Lipinski definition) is 7. The van der Waals surface area contributed by atoms with E-state index in [2.05, 4.69) is 0 Å². The van der Waals surface area contributed by atoms with E-state index in [1.165, 1.54) is 24.3 Å². The maximum atomic E-state index is 13.2. The summed E-state index contributed by atoms with van der Waals surface area (Å²) in [5.74, 6) is 0.323. The number of para-hydroxylation sites is 2. The molecule has 0 bridgehead atoms. The third-order valence-corrected chi connectivity index (χ3v) is 7.02. The van der Waals surface area contributed by atoms with Gasteiger partial charge >= 0.3 is 13.7 Å². The molecule has 8 nitrogen and oxygen atoms in total. The minimum Gasteiger partial charge on any atom is -0.443 e. The van der Waals surface area contributed by atoms with E-state index in [4.69, 9.17) is 13.8 Å². The summed E-state index contributed by atoms with van der Waals surface area (Å²) in [7, 11) is -8.64. The van der Waals surface area contributed by atoms with Crippen LogP contribution in [0.25, 0.3) is 0 Å². The van der Waals surface area contributed by atoms with Crippen molar-refractivity contribution >= 4 is 23.7 Å². The zero-order valence-electron chi connectivity index (χ0n) is 15.7. The first kappa shape index (κ1) is 21.8. The van der Waals surface area contributed by atoms with Crippen molar-refractivity contribution in [2.45, 2.75) is 26.4 Å². The van der Waals surface area contributed by atoms with Gasteiger partial charge in [0, 0.05) is 0 Å². The van der Waals surface area contributed by atoms with Crippen LogP contribution in [0.1, 0.15) is 20.8 Å². The Bertz CT molecular complexity index is 895. The number of rotatable bonds is 7. The van der Waals surface area contributed by atoms with E-state index in [1.807, 2.05) is 0 Å². The Kier molecular flexibility index (Phi) is 6.74. The monoisotopic (exact) mass is 427 g/mol. The van der Waals surface area contributed by atoms with Gasteiger partial charge in [-0.2, -0.15) is 0 Å². The van der Waals surface area contributed by atoms with Crippen molar-refractivity contribution in [2.75, 3.05) is 5.49 Å². The van der Waals surface area contributed by atoms with E-state index in [1.54, 1.807) is 61.9 Å². The van der Waals surface area contributed by atoms with Gasteiger partial charge in [0.2, 0.25) is 0 Å². The van der Waals surface area contributed by atoms with Crippen molar-refractivity contribution in [1.82, 2.24) is 4.72 Å². The Hall–Kier alpha value is -2.51. The Morgan fingerprint density at radius 1 is 0.929 bits per heavy atom. The highest BCUT2D eigenvalue weighted by Crippen LogP contribution is 2.49. The van der Waals surface area contributed by atoms with Crippen molar-refractivity contribution < 1.29 is 31.6 Å². The molecule has 0 radical (unpaired) electrons. The smallest absolute Gasteiger partial charge is 0.443 e. The lowest BCUT2D eigenvalue weighted by Crippen LogP contribution is -2.38. The van der Waals surface area contributed by atoms with Crippen LogP contribution in [0, 0.1) is 0 Å². The van der Waals surface area contributed by atoms with E-state index < -0.39 is 34.8 Å². The van der Waals surface area contributed by atoms with Crippen LogP contribution in [-0.4, -0.2) is 25.6 Å². The lowest BCUT2D eigenvalue weighted by molar-refractivity contribution is 0.0570. The molecule has 0 spiro atoms. The van der Waals surface area contributed by atoms with Gasteiger partial charge in [0.25, 0.3) is 10.0 Å². The molecule has 0 unspecified atom stereocenters. The Morgan fingerprint density at radius 2 is 1.36 bits per heavy atom. The summed E-state index contributed by atoms with van der Waals surface area (Å²) in [6.45, 7) is 4.75. The highest BCUT2D eigenvalue weighted by molar-refractivity contribution is 7.96. The molecule has 0 atom stereocenters. The molecule has 1 amide bonds. The minimum absolute atomic E-state index is 0.161. The molecular weight excluding hydrogens is 405 g/mol. The zero-order chi connectivity index (χ0) is 20.8. The van der Waals surface area contributed by atoms with Crippen molar-refractivity contribution in [3.05, 3.63) is 60.7 Å². The molecule has 0 saturated carbocycles. The van der Waals surface area contributed by atoms with Gasteiger partial charge in [0.05, 0.1) is 0 Å². The Morgan fingerprint density at radius 3 is 1.75 bits per heavy atom. The van der Waals surface area contributed by atoms with Crippen LogP contribution in [0.3, 0.4) is 0 Å². The highest BCUT2D eigenvalue weighted by atomic mass is 32.2. The van der Waals surface area contributed by atoms with Gasteiger partial charge in [0.15, 0.2) is 5.49 Å². The first-order valence-corrected chi connectivity index (χ1v) is 11.7. The second-order valence-electron chi connectivity index (χ2n) is 6.77. The van der Waals surface area contributed by atoms with Crippen molar-refractivity contribution in [3.8, 4) is 11.5 Å². The number of amides is 1. The number of carbonyl (C=O) groups is 1. The second kappa shape index (κ2) is 8.67. The third-order valence-electron chi connectivity index (χ3n) is 2.94. The Labute approximate surface area is 164 Å². The number of nitrogens with one attached hydrogen (secondary N) is 1. The highest BCUT2D eigenvalue weighted by Gasteiger charge is 2.37. The number of ether oxygens (including phenoxy) is 1. The zero-order valence-corrected chi connectivity index (χ0v) is 17.4. The summed E-state index contributed by atoms with van der Waals surface area (Å²) in [5.41, 5.74) is -1.98. The van der Waals surface area contributed by atoms with E-state index in [0.29, 0.717) is 0 Å². The van der Waals surface area contributed by atoms with Crippen LogP contribution >= 0.6 is 7.60 Å². The Balaban J connectivity index is 2.23. The quantitative estimate of drug-likeness (QED) is 0.661. The average molecular weight is 427 g/mol. The molecule has 0 aromatic heterocycles. The fourth-order valence-corrected chi connectivity index (χ4v) is 5.59. The van der Waals surface area contributed by atoms with Crippen LogP contribution in [0.15, 0.2) is 60.7 Å². The summed E-state index contributed by atoms with van der Waals surface area (Å²) < 4.78 is 55.4. The van der Waals surface area contributed by atoms with Crippen LogP contribution < -0.4 is 13.8 Å². The lowest BCUT2D eigenvalue weighted by Gasteiger charge is -2.22. The summed E-state index contributed by atoms with van der Waals surface area (Å²) in [6, 6.07) is 16.0. The van der Waals surface area contributed by atoms with Gasteiger partial charge < -0.3 is 13.8 Å². The molecule has 0 aliphatic heterocycles. The number of benzene rings is 2. The topological polar surface area (TPSA) is 108 Å². The SMILES string of the molecule is CC(C)(C)OC(=O)NS(=O)(=O)CP(=O)(Oc1ccccc1)Oc1ccccc1. The fraction of sp³-hybridized carbons (Fsp3) is 0.278. The summed E-state index contributed by atoms with van der Waals surface area (Å²) >= 11 is 0. The normalized spacial score (nSPS) is 12.1. The predicted molar refractivity (Wildman–Crippen MR) is 105 cm³/mol. The molecule has 2 aromatic rings. The van der Waals surface area contributed by atoms with Gasteiger partial charge in [-0.1, -0.05) is 36.4 Å².